The number of hydrogen-bond acceptors (Lipinski definition) is 7. The van der Waals surface area contributed by atoms with E-state index in [2.05, 4.69) is 21.6 Å². The molecule has 2 unspecified atom stereocenters. The highest BCUT2D eigenvalue weighted by Gasteiger charge is 2.55. The van der Waals surface area contributed by atoms with Gasteiger partial charge in [-0.3, -0.25) is 4.79 Å². The number of hydrogen-bond donors (Lipinski definition) is 3. The Hall–Kier alpha value is -4.48. The van der Waals surface area contributed by atoms with E-state index in [9.17, 15) is 30.3 Å². The monoisotopic (exact) mass is 499 g/mol. The average Bonchev–Trinajstić information content (AvgIpc) is 3.70. The number of aliphatic hydroxyl groups is 1. The van der Waals surface area contributed by atoms with Gasteiger partial charge in [0, 0.05) is 18.1 Å². The van der Waals surface area contributed by atoms with Crippen LogP contribution in [0.4, 0.5) is 5.69 Å². The van der Waals surface area contributed by atoms with E-state index in [1.165, 1.54) is 42.8 Å². The standard InChI is InChI=1S/C26H25N7O4/c1-15(23(34)31-22-20-6-2-4-18(20)8-19-5-3-7-21(19)22)26(37,25(35)36)24(32-13-16(9-27)11-29-32)33-14-17(10-28)12-30-33/h8,11-15,24,37H,2-7H2,1H3,(H,31,34)(H,35,36). The molecule has 37 heavy (non-hydrogen) atoms. The molecule has 188 valence electrons. The molecule has 1 amide bonds. The molecule has 3 N–H and O–H groups in total. The zero-order valence-electron chi connectivity index (χ0n) is 20.2. The van der Waals surface area contributed by atoms with Gasteiger partial charge >= 0.3 is 5.97 Å². The zero-order valence-corrected chi connectivity index (χ0v) is 20.2. The Bertz CT molecular complexity index is 1410. The summed E-state index contributed by atoms with van der Waals surface area (Å²) in [6.07, 6.45) is 8.87. The topological polar surface area (TPSA) is 170 Å². The summed E-state index contributed by atoms with van der Waals surface area (Å²) in [5, 5.41) is 51.7. The average molecular weight is 500 g/mol. The van der Waals surface area contributed by atoms with Crippen LogP contribution in [0.15, 0.2) is 30.9 Å². The number of carbonyl (C=O) groups excluding carboxylic acids is 1. The lowest BCUT2D eigenvalue weighted by atomic mass is 9.84. The van der Waals surface area contributed by atoms with Gasteiger partial charge < -0.3 is 15.5 Å². The van der Waals surface area contributed by atoms with E-state index in [1.807, 2.05) is 12.1 Å². The summed E-state index contributed by atoms with van der Waals surface area (Å²) in [5.74, 6) is -3.81. The number of fused-ring (bicyclic) bond motifs is 2. The Kier molecular flexibility index (Phi) is 6.02. The van der Waals surface area contributed by atoms with Crippen LogP contribution in [0.1, 0.15) is 59.3 Å². The molecule has 2 aromatic heterocycles. The zero-order chi connectivity index (χ0) is 26.3. The molecular weight excluding hydrogens is 474 g/mol. The molecule has 0 bridgehead atoms. The van der Waals surface area contributed by atoms with Gasteiger partial charge in [-0.05, 0) is 60.8 Å². The maximum Gasteiger partial charge on any atom is 0.340 e. The summed E-state index contributed by atoms with van der Waals surface area (Å²) in [6.45, 7) is 1.34. The second kappa shape index (κ2) is 9.19. The van der Waals surface area contributed by atoms with Gasteiger partial charge in [-0.25, -0.2) is 14.2 Å². The van der Waals surface area contributed by atoms with Crippen LogP contribution in [0.25, 0.3) is 0 Å². The van der Waals surface area contributed by atoms with Crippen LogP contribution >= 0.6 is 0 Å². The molecule has 3 aromatic rings. The van der Waals surface area contributed by atoms with Crippen molar-refractivity contribution in [2.45, 2.75) is 57.2 Å². The van der Waals surface area contributed by atoms with Crippen LogP contribution in [0.3, 0.4) is 0 Å². The summed E-state index contributed by atoms with van der Waals surface area (Å²) >= 11 is 0. The minimum absolute atomic E-state index is 0.123. The molecule has 2 heterocycles. The molecule has 2 aliphatic carbocycles. The van der Waals surface area contributed by atoms with Gasteiger partial charge in [0.2, 0.25) is 11.5 Å². The third-order valence-electron chi connectivity index (χ3n) is 7.47. The third kappa shape index (κ3) is 3.94. The quantitative estimate of drug-likeness (QED) is 0.443. The largest absolute Gasteiger partial charge is 0.479 e. The number of carbonyl (C=O) groups is 2. The SMILES string of the molecule is CC(C(=O)Nc1c2c(cc3c1CCC3)CCC2)C(O)(C(=O)O)C(n1cc(C#N)cn1)n1cc(C#N)cn1. The first-order chi connectivity index (χ1) is 17.8. The van der Waals surface area contributed by atoms with E-state index in [0.717, 1.165) is 64.7 Å². The number of carboxylic acid groups (broad SMARTS) is 1. The van der Waals surface area contributed by atoms with Gasteiger partial charge in [-0.15, -0.1) is 0 Å². The number of anilines is 1. The molecule has 2 atom stereocenters. The number of nitriles is 2. The molecule has 0 saturated heterocycles. The number of aryl methyl sites for hydroxylation is 2. The van der Waals surface area contributed by atoms with E-state index in [1.54, 1.807) is 0 Å². The number of aliphatic carboxylic acids is 1. The van der Waals surface area contributed by atoms with Gasteiger partial charge in [0.25, 0.3) is 0 Å². The van der Waals surface area contributed by atoms with Gasteiger partial charge in [0.1, 0.15) is 12.1 Å². The molecule has 1 aromatic carbocycles. The predicted molar refractivity (Wildman–Crippen MR) is 129 cm³/mol. The van der Waals surface area contributed by atoms with Crippen molar-refractivity contribution in [3.8, 4) is 12.1 Å². The Morgan fingerprint density at radius 1 is 1.00 bits per heavy atom. The molecule has 0 fully saturated rings. The molecule has 0 aliphatic heterocycles. The minimum Gasteiger partial charge on any atom is -0.479 e. The summed E-state index contributed by atoms with van der Waals surface area (Å²) in [4.78, 5) is 26.3. The minimum atomic E-state index is -2.75. The van der Waals surface area contributed by atoms with E-state index in [4.69, 9.17) is 0 Å². The van der Waals surface area contributed by atoms with Crippen LogP contribution in [-0.4, -0.2) is 47.3 Å². The number of aromatic nitrogens is 4. The van der Waals surface area contributed by atoms with Crippen molar-refractivity contribution in [3.05, 3.63) is 64.2 Å². The summed E-state index contributed by atoms with van der Waals surface area (Å²) in [5.41, 5.74) is 2.80. The molecular formula is C26H25N7O4. The molecule has 5 rings (SSSR count). The predicted octanol–water partition coefficient (Wildman–Crippen LogP) is 1.94. The van der Waals surface area contributed by atoms with E-state index in [0.29, 0.717) is 0 Å². The highest BCUT2D eigenvalue weighted by Crippen LogP contribution is 2.40. The van der Waals surface area contributed by atoms with Crippen LogP contribution < -0.4 is 5.32 Å². The molecule has 11 nitrogen and oxygen atoms in total. The van der Waals surface area contributed by atoms with Crippen LogP contribution in [0, 0.1) is 28.6 Å². The maximum absolute atomic E-state index is 13.7. The van der Waals surface area contributed by atoms with Crippen molar-refractivity contribution in [1.82, 2.24) is 19.6 Å². The first-order valence-corrected chi connectivity index (χ1v) is 12.1. The summed E-state index contributed by atoms with van der Waals surface area (Å²) in [7, 11) is 0. The van der Waals surface area contributed by atoms with Crippen molar-refractivity contribution in [3.63, 3.8) is 0 Å². The molecule has 0 radical (unpaired) electrons. The van der Waals surface area contributed by atoms with Gasteiger partial charge in [-0.1, -0.05) is 13.0 Å². The fourth-order valence-electron chi connectivity index (χ4n) is 5.50. The number of nitrogens with one attached hydrogen (secondary N) is 1. The first kappa shape index (κ1) is 24.2. The number of amides is 1. The smallest absolute Gasteiger partial charge is 0.340 e. The lowest BCUT2D eigenvalue weighted by Gasteiger charge is -2.36. The van der Waals surface area contributed by atoms with Crippen LogP contribution in [0.2, 0.25) is 0 Å². The van der Waals surface area contributed by atoms with Crippen LogP contribution in [0.5, 0.6) is 0 Å². The normalized spacial score (nSPS) is 16.4. The fourth-order valence-corrected chi connectivity index (χ4v) is 5.50. The summed E-state index contributed by atoms with van der Waals surface area (Å²) in [6, 6.07) is 6.04. The molecule has 2 aliphatic rings. The first-order valence-electron chi connectivity index (χ1n) is 12.1. The van der Waals surface area contributed by atoms with Gasteiger partial charge in [-0.2, -0.15) is 20.7 Å². The second-order valence-corrected chi connectivity index (χ2v) is 9.59. The van der Waals surface area contributed by atoms with Crippen molar-refractivity contribution >= 4 is 17.6 Å². The highest BCUT2D eigenvalue weighted by molar-refractivity contribution is 5.98. The number of benzene rings is 1. The highest BCUT2D eigenvalue weighted by atomic mass is 16.4. The lowest BCUT2D eigenvalue weighted by Crippen LogP contribution is -2.57. The van der Waals surface area contributed by atoms with E-state index in [-0.39, 0.29) is 11.1 Å². The van der Waals surface area contributed by atoms with Crippen molar-refractivity contribution in [2.75, 3.05) is 5.32 Å². The van der Waals surface area contributed by atoms with Crippen molar-refractivity contribution in [1.29, 1.82) is 10.5 Å². The van der Waals surface area contributed by atoms with Crippen molar-refractivity contribution < 1.29 is 19.8 Å². The Morgan fingerprint density at radius 2 is 1.51 bits per heavy atom. The Balaban J connectivity index is 1.56. The number of nitrogens with zero attached hydrogens (tertiary/aromatic N) is 6. The Morgan fingerprint density at radius 3 is 1.95 bits per heavy atom. The van der Waals surface area contributed by atoms with E-state index < -0.39 is 29.6 Å². The van der Waals surface area contributed by atoms with Gasteiger partial charge in [0.05, 0.1) is 29.4 Å². The second-order valence-electron chi connectivity index (χ2n) is 9.59. The van der Waals surface area contributed by atoms with Gasteiger partial charge in [0.15, 0.2) is 6.17 Å². The Labute approximate surface area is 212 Å². The number of rotatable bonds is 7. The fraction of sp³-hybridized carbons (Fsp3) is 0.385. The molecule has 0 spiro atoms. The summed E-state index contributed by atoms with van der Waals surface area (Å²) < 4.78 is 2.14. The molecule has 11 heteroatoms. The van der Waals surface area contributed by atoms with Crippen LogP contribution in [-0.2, 0) is 35.3 Å². The maximum atomic E-state index is 13.7. The molecule has 0 saturated carbocycles. The van der Waals surface area contributed by atoms with Crippen molar-refractivity contribution in [2.24, 2.45) is 5.92 Å². The number of carboxylic acids is 1. The van der Waals surface area contributed by atoms with E-state index >= 15 is 0 Å². The third-order valence-corrected chi connectivity index (χ3v) is 7.47. The lowest BCUT2D eigenvalue weighted by molar-refractivity contribution is -0.176.